The molecule has 0 saturated carbocycles. The van der Waals surface area contributed by atoms with Crippen molar-refractivity contribution in [2.75, 3.05) is 6.54 Å². The molecular formula is C14H18BrNO4S. The average molecular weight is 376 g/mol. The lowest BCUT2D eigenvalue weighted by molar-refractivity contribution is 0.0695. The second-order valence-electron chi connectivity index (χ2n) is 4.84. The third-order valence-electron chi connectivity index (χ3n) is 3.04. The van der Waals surface area contributed by atoms with Crippen LogP contribution in [0.1, 0.15) is 29.8 Å². The van der Waals surface area contributed by atoms with Crippen molar-refractivity contribution in [1.82, 2.24) is 4.31 Å². The van der Waals surface area contributed by atoms with E-state index in [-0.39, 0.29) is 23.0 Å². The summed E-state index contributed by atoms with van der Waals surface area (Å²) in [5.41, 5.74) is 0.450. The maximum atomic E-state index is 12.7. The maximum Gasteiger partial charge on any atom is 0.336 e. The van der Waals surface area contributed by atoms with Gasteiger partial charge in [-0.05, 0) is 38.5 Å². The quantitative estimate of drug-likeness (QED) is 0.775. The van der Waals surface area contributed by atoms with E-state index in [1.54, 1.807) is 20.8 Å². The Morgan fingerprint density at radius 1 is 1.48 bits per heavy atom. The van der Waals surface area contributed by atoms with Gasteiger partial charge in [-0.2, -0.15) is 4.31 Å². The number of sulfonamides is 1. The maximum absolute atomic E-state index is 12.7. The van der Waals surface area contributed by atoms with Crippen LogP contribution in [-0.2, 0) is 10.0 Å². The Kier molecular flexibility index (Phi) is 5.72. The topological polar surface area (TPSA) is 74.7 Å². The van der Waals surface area contributed by atoms with Gasteiger partial charge in [-0.15, -0.1) is 6.58 Å². The van der Waals surface area contributed by atoms with E-state index in [1.165, 1.54) is 22.5 Å². The molecule has 0 aliphatic carbocycles. The highest BCUT2D eigenvalue weighted by molar-refractivity contribution is 9.10. The van der Waals surface area contributed by atoms with Crippen LogP contribution in [0.5, 0.6) is 0 Å². The molecule has 0 aromatic heterocycles. The standard InChI is InChI=1S/C14H18BrNO4S/c1-5-6-16(9(2)3)21(19,20)11-7-12(14(17)18)10(4)13(15)8-11/h5,7-9H,1,6H2,2-4H3,(H,17,18). The minimum Gasteiger partial charge on any atom is -0.478 e. The van der Waals surface area contributed by atoms with E-state index in [1.807, 2.05) is 0 Å². The molecule has 5 nitrogen and oxygen atoms in total. The Morgan fingerprint density at radius 3 is 2.48 bits per heavy atom. The zero-order chi connectivity index (χ0) is 16.4. The summed E-state index contributed by atoms with van der Waals surface area (Å²) < 4.78 is 27.0. The van der Waals surface area contributed by atoms with Crippen LogP contribution in [0.2, 0.25) is 0 Å². The first kappa shape index (κ1) is 17.9. The highest BCUT2D eigenvalue weighted by atomic mass is 79.9. The van der Waals surface area contributed by atoms with E-state index < -0.39 is 16.0 Å². The van der Waals surface area contributed by atoms with Crippen molar-refractivity contribution in [1.29, 1.82) is 0 Å². The smallest absolute Gasteiger partial charge is 0.336 e. The van der Waals surface area contributed by atoms with Crippen LogP contribution in [0.15, 0.2) is 34.2 Å². The van der Waals surface area contributed by atoms with Crippen molar-refractivity contribution in [2.45, 2.75) is 31.7 Å². The number of halogens is 1. The van der Waals surface area contributed by atoms with Crippen LogP contribution in [-0.4, -0.2) is 36.4 Å². The SMILES string of the molecule is C=CCN(C(C)C)S(=O)(=O)c1cc(Br)c(C)c(C(=O)O)c1. The van der Waals surface area contributed by atoms with Crippen LogP contribution in [0.4, 0.5) is 0 Å². The number of carboxylic acids is 1. The molecule has 0 heterocycles. The van der Waals surface area contributed by atoms with Crippen LogP contribution < -0.4 is 0 Å². The largest absolute Gasteiger partial charge is 0.478 e. The summed E-state index contributed by atoms with van der Waals surface area (Å²) in [6, 6.07) is 2.35. The number of hydrogen-bond donors (Lipinski definition) is 1. The normalized spacial score (nSPS) is 11.9. The van der Waals surface area contributed by atoms with Gasteiger partial charge in [0.25, 0.3) is 0 Å². The number of hydrogen-bond acceptors (Lipinski definition) is 3. The minimum atomic E-state index is -3.79. The number of carbonyl (C=O) groups is 1. The fourth-order valence-corrected chi connectivity index (χ4v) is 4.15. The number of rotatable bonds is 6. The van der Waals surface area contributed by atoms with Crippen molar-refractivity contribution < 1.29 is 18.3 Å². The van der Waals surface area contributed by atoms with Crippen molar-refractivity contribution >= 4 is 31.9 Å². The number of aromatic carboxylic acids is 1. The third-order valence-corrected chi connectivity index (χ3v) is 5.88. The van der Waals surface area contributed by atoms with Gasteiger partial charge in [-0.3, -0.25) is 0 Å². The zero-order valence-corrected chi connectivity index (χ0v) is 14.5. The Hall–Kier alpha value is -1.18. The summed E-state index contributed by atoms with van der Waals surface area (Å²) >= 11 is 3.22. The molecule has 0 unspecified atom stereocenters. The third kappa shape index (κ3) is 3.72. The average Bonchev–Trinajstić information content (AvgIpc) is 2.37. The molecule has 0 amide bonds. The summed E-state index contributed by atoms with van der Waals surface area (Å²) in [6.45, 7) is 8.84. The number of carboxylic acid groups (broad SMARTS) is 1. The zero-order valence-electron chi connectivity index (χ0n) is 12.1. The van der Waals surface area contributed by atoms with Gasteiger partial charge in [0, 0.05) is 17.1 Å². The van der Waals surface area contributed by atoms with Gasteiger partial charge < -0.3 is 5.11 Å². The molecule has 0 fully saturated rings. The molecule has 21 heavy (non-hydrogen) atoms. The molecule has 0 aliphatic heterocycles. The Morgan fingerprint density at radius 2 is 2.05 bits per heavy atom. The first-order valence-corrected chi connectivity index (χ1v) is 8.52. The molecule has 1 aromatic carbocycles. The highest BCUT2D eigenvalue weighted by Gasteiger charge is 2.28. The molecule has 0 spiro atoms. The lowest BCUT2D eigenvalue weighted by Crippen LogP contribution is -2.37. The van der Waals surface area contributed by atoms with E-state index in [9.17, 15) is 18.3 Å². The minimum absolute atomic E-state index is 0.0368. The predicted molar refractivity (Wildman–Crippen MR) is 85.1 cm³/mol. The first-order valence-electron chi connectivity index (χ1n) is 6.29. The van der Waals surface area contributed by atoms with Gasteiger partial charge in [0.15, 0.2) is 0 Å². The summed E-state index contributed by atoms with van der Waals surface area (Å²) in [5, 5.41) is 9.19. The van der Waals surface area contributed by atoms with Gasteiger partial charge in [0.05, 0.1) is 10.5 Å². The van der Waals surface area contributed by atoms with E-state index in [4.69, 9.17) is 0 Å². The second-order valence-corrected chi connectivity index (χ2v) is 7.58. The lowest BCUT2D eigenvalue weighted by Gasteiger charge is -2.25. The molecule has 0 saturated heterocycles. The molecule has 116 valence electrons. The summed E-state index contributed by atoms with van der Waals surface area (Å²) in [7, 11) is -3.79. The van der Waals surface area contributed by atoms with Crippen molar-refractivity contribution in [2.24, 2.45) is 0 Å². The molecule has 0 radical (unpaired) electrons. The van der Waals surface area contributed by atoms with Gasteiger partial charge in [-0.25, -0.2) is 13.2 Å². The second kappa shape index (κ2) is 6.72. The van der Waals surface area contributed by atoms with Gasteiger partial charge in [-0.1, -0.05) is 22.0 Å². The molecule has 0 aliphatic rings. The Bertz CT molecular complexity index is 668. The molecule has 7 heteroatoms. The van der Waals surface area contributed by atoms with E-state index >= 15 is 0 Å². The molecule has 1 N–H and O–H groups in total. The highest BCUT2D eigenvalue weighted by Crippen LogP contribution is 2.27. The molecular weight excluding hydrogens is 358 g/mol. The first-order chi connectivity index (χ1) is 9.62. The van der Waals surface area contributed by atoms with Crippen molar-refractivity contribution in [3.8, 4) is 0 Å². The van der Waals surface area contributed by atoms with Crippen molar-refractivity contribution in [3.05, 3.63) is 40.4 Å². The molecule has 0 atom stereocenters. The van der Waals surface area contributed by atoms with Crippen LogP contribution in [0.3, 0.4) is 0 Å². The molecule has 0 bridgehead atoms. The van der Waals surface area contributed by atoms with Gasteiger partial charge in [0.1, 0.15) is 0 Å². The van der Waals surface area contributed by atoms with Gasteiger partial charge in [0.2, 0.25) is 10.0 Å². The lowest BCUT2D eigenvalue weighted by atomic mass is 10.1. The molecule has 1 aromatic rings. The monoisotopic (exact) mass is 375 g/mol. The van der Waals surface area contributed by atoms with Crippen molar-refractivity contribution in [3.63, 3.8) is 0 Å². The number of benzene rings is 1. The fraction of sp³-hybridized carbons (Fsp3) is 0.357. The summed E-state index contributed by atoms with van der Waals surface area (Å²) in [6.07, 6.45) is 1.50. The van der Waals surface area contributed by atoms with Crippen LogP contribution in [0, 0.1) is 6.92 Å². The predicted octanol–water partition coefficient (Wildman–Crippen LogP) is 3.04. The fourth-order valence-electron chi connectivity index (χ4n) is 1.87. The number of nitrogens with zero attached hydrogens (tertiary/aromatic N) is 1. The van der Waals surface area contributed by atoms with E-state index in [2.05, 4.69) is 22.5 Å². The van der Waals surface area contributed by atoms with E-state index in [0.717, 1.165) is 0 Å². The van der Waals surface area contributed by atoms with Gasteiger partial charge >= 0.3 is 5.97 Å². The van der Waals surface area contributed by atoms with Crippen LogP contribution in [0.25, 0.3) is 0 Å². The van der Waals surface area contributed by atoms with Crippen LogP contribution >= 0.6 is 15.9 Å². The van der Waals surface area contributed by atoms with E-state index in [0.29, 0.717) is 10.0 Å². The summed E-state index contributed by atoms with van der Waals surface area (Å²) in [4.78, 5) is 11.2. The Labute approximate surface area is 133 Å². The Balaban J connectivity index is 3.51. The summed E-state index contributed by atoms with van der Waals surface area (Å²) in [5.74, 6) is -1.16. The molecule has 1 rings (SSSR count).